The van der Waals surface area contributed by atoms with Gasteiger partial charge >= 0.3 is 0 Å². The lowest BCUT2D eigenvalue weighted by atomic mass is 9.81. The molecule has 1 heterocycles. The second-order valence-electron chi connectivity index (χ2n) is 7.51. The number of nitrogens with one attached hydrogen (secondary N) is 2. The molecule has 0 saturated carbocycles. The highest BCUT2D eigenvalue weighted by molar-refractivity contribution is 6.32. The zero-order chi connectivity index (χ0) is 22.8. The van der Waals surface area contributed by atoms with E-state index in [1.807, 2.05) is 24.3 Å². The monoisotopic (exact) mass is 452 g/mol. The van der Waals surface area contributed by atoms with Crippen molar-refractivity contribution in [3.63, 3.8) is 0 Å². The number of Topliss-reactive ketones (excluding diaryl/α,β-unsaturated/α-hetero) is 1. The van der Waals surface area contributed by atoms with E-state index in [1.165, 1.54) is 19.2 Å². The lowest BCUT2D eigenvalue weighted by Gasteiger charge is -2.24. The molecule has 8 heteroatoms. The summed E-state index contributed by atoms with van der Waals surface area (Å²) in [7, 11) is 3.08. The Morgan fingerprint density at radius 3 is 2.44 bits per heavy atom. The Balaban J connectivity index is 1.58. The molecule has 7 nitrogen and oxygen atoms in total. The van der Waals surface area contributed by atoms with Gasteiger partial charge in [0, 0.05) is 23.4 Å². The van der Waals surface area contributed by atoms with E-state index in [9.17, 15) is 14.4 Å². The molecule has 0 bridgehead atoms. The molecule has 4 rings (SSSR count). The summed E-state index contributed by atoms with van der Waals surface area (Å²) in [4.78, 5) is 40.9. The van der Waals surface area contributed by atoms with Crippen molar-refractivity contribution >= 4 is 29.0 Å². The fourth-order valence-electron chi connectivity index (χ4n) is 3.85. The molecule has 1 atom stereocenters. The average Bonchev–Trinajstić information content (AvgIpc) is 2.78. The molecule has 1 aliphatic carbocycles. The molecule has 0 spiro atoms. The Labute approximate surface area is 189 Å². The standard InChI is InChI=1S/C24H21ClN2O5/c1-31-16-6-3-13(4-7-16)14-9-20-17(21(28)10-14)12-18(24(30)27-20)23(29)26-15-5-8-22(32-2)19(25)11-15/h3-8,11-12,14H,9-10H2,1-2H3,(H,26,29)(H,27,30)/t14-/m1/s1. The maximum atomic E-state index is 12.8. The molecule has 32 heavy (non-hydrogen) atoms. The number of carbonyl (C=O) groups is 2. The maximum absolute atomic E-state index is 12.8. The van der Waals surface area contributed by atoms with E-state index >= 15 is 0 Å². The van der Waals surface area contributed by atoms with Crippen LogP contribution in [0.1, 0.15) is 44.3 Å². The molecule has 0 unspecified atom stereocenters. The number of carbonyl (C=O) groups excluding carboxylic acids is 2. The lowest BCUT2D eigenvalue weighted by Crippen LogP contribution is -2.29. The third-order valence-corrected chi connectivity index (χ3v) is 5.84. The molecule has 1 aliphatic rings. The summed E-state index contributed by atoms with van der Waals surface area (Å²) in [5, 5.41) is 2.96. The predicted octanol–water partition coefficient (Wildman–Crippen LogP) is 4.21. The zero-order valence-electron chi connectivity index (χ0n) is 17.5. The van der Waals surface area contributed by atoms with Crippen molar-refractivity contribution in [2.24, 2.45) is 0 Å². The van der Waals surface area contributed by atoms with Crippen LogP contribution in [-0.4, -0.2) is 30.9 Å². The van der Waals surface area contributed by atoms with Gasteiger partial charge < -0.3 is 19.8 Å². The summed E-state index contributed by atoms with van der Waals surface area (Å²) in [5.41, 5.74) is 1.62. The molecule has 0 aliphatic heterocycles. The van der Waals surface area contributed by atoms with E-state index in [0.717, 1.165) is 11.3 Å². The summed E-state index contributed by atoms with van der Waals surface area (Å²) in [6, 6.07) is 13.6. The van der Waals surface area contributed by atoms with Crippen molar-refractivity contribution in [3.8, 4) is 11.5 Å². The molecule has 3 aromatic rings. The van der Waals surface area contributed by atoms with Gasteiger partial charge in [0.05, 0.1) is 19.2 Å². The molecule has 164 valence electrons. The van der Waals surface area contributed by atoms with Gasteiger partial charge in [0.2, 0.25) is 0 Å². The largest absolute Gasteiger partial charge is 0.497 e. The number of aromatic nitrogens is 1. The Morgan fingerprint density at radius 2 is 1.78 bits per heavy atom. The van der Waals surface area contributed by atoms with Gasteiger partial charge in [0.25, 0.3) is 11.5 Å². The van der Waals surface area contributed by atoms with Gasteiger partial charge in [-0.2, -0.15) is 0 Å². The average molecular weight is 453 g/mol. The number of fused-ring (bicyclic) bond motifs is 1. The number of benzene rings is 2. The van der Waals surface area contributed by atoms with Gasteiger partial charge in [-0.05, 0) is 54.3 Å². The van der Waals surface area contributed by atoms with E-state index in [-0.39, 0.29) is 17.3 Å². The second-order valence-corrected chi connectivity index (χ2v) is 7.92. The quantitative estimate of drug-likeness (QED) is 0.604. The van der Waals surface area contributed by atoms with Crippen molar-refractivity contribution in [1.29, 1.82) is 0 Å². The molecule has 0 fully saturated rings. The van der Waals surface area contributed by atoms with Crippen LogP contribution in [0.15, 0.2) is 53.3 Å². The third-order valence-electron chi connectivity index (χ3n) is 5.55. The van der Waals surface area contributed by atoms with Crippen molar-refractivity contribution in [2.75, 3.05) is 19.5 Å². The van der Waals surface area contributed by atoms with Crippen molar-refractivity contribution in [2.45, 2.75) is 18.8 Å². The molecule has 1 aromatic heterocycles. The van der Waals surface area contributed by atoms with Gasteiger partial charge in [0.1, 0.15) is 17.1 Å². The highest BCUT2D eigenvalue weighted by Gasteiger charge is 2.29. The minimum Gasteiger partial charge on any atom is -0.497 e. The first-order valence-corrected chi connectivity index (χ1v) is 10.4. The molecular weight excluding hydrogens is 432 g/mol. The number of methoxy groups -OCH3 is 2. The number of amides is 1. The lowest BCUT2D eigenvalue weighted by molar-refractivity contribution is 0.0963. The first-order valence-electron chi connectivity index (χ1n) is 9.98. The van der Waals surface area contributed by atoms with Crippen LogP contribution in [-0.2, 0) is 6.42 Å². The first-order chi connectivity index (χ1) is 15.4. The van der Waals surface area contributed by atoms with Crippen LogP contribution >= 0.6 is 11.6 Å². The maximum Gasteiger partial charge on any atom is 0.261 e. The normalized spacial score (nSPS) is 15.1. The van der Waals surface area contributed by atoms with E-state index in [0.29, 0.717) is 40.6 Å². The molecule has 2 aromatic carbocycles. The smallest absolute Gasteiger partial charge is 0.261 e. The van der Waals surface area contributed by atoms with Gasteiger partial charge in [0.15, 0.2) is 5.78 Å². The second kappa shape index (κ2) is 8.88. The molecule has 0 saturated heterocycles. The number of anilines is 1. The molecule has 0 radical (unpaired) electrons. The summed E-state index contributed by atoms with van der Waals surface area (Å²) in [6.07, 6.45) is 0.791. The molecule has 2 N–H and O–H groups in total. The van der Waals surface area contributed by atoms with Gasteiger partial charge in [-0.15, -0.1) is 0 Å². The third kappa shape index (κ3) is 4.24. The fourth-order valence-corrected chi connectivity index (χ4v) is 4.11. The Hall–Kier alpha value is -3.58. The summed E-state index contributed by atoms with van der Waals surface area (Å²) in [6.45, 7) is 0. The Kier molecular flexibility index (Phi) is 6.01. The molecular formula is C24H21ClN2O5. The minimum atomic E-state index is -0.625. The number of rotatable bonds is 5. The SMILES string of the molecule is COc1ccc([C@H]2CC(=O)c3cc(C(=O)Nc4ccc(OC)c(Cl)c4)c(=O)[nH]c3C2)cc1. The van der Waals surface area contributed by atoms with E-state index < -0.39 is 11.5 Å². The number of ketones is 1. The van der Waals surface area contributed by atoms with Crippen LogP contribution in [0.2, 0.25) is 5.02 Å². The van der Waals surface area contributed by atoms with E-state index in [2.05, 4.69) is 10.3 Å². The molecule has 1 amide bonds. The number of hydrogen-bond acceptors (Lipinski definition) is 5. The van der Waals surface area contributed by atoms with Crippen LogP contribution in [0.4, 0.5) is 5.69 Å². The van der Waals surface area contributed by atoms with Crippen molar-refractivity contribution in [3.05, 3.63) is 86.3 Å². The van der Waals surface area contributed by atoms with Crippen LogP contribution in [0.5, 0.6) is 11.5 Å². The highest BCUT2D eigenvalue weighted by Crippen LogP contribution is 2.32. The number of aromatic amines is 1. The Bertz CT molecular complexity index is 1250. The summed E-state index contributed by atoms with van der Waals surface area (Å²) >= 11 is 6.09. The van der Waals surface area contributed by atoms with Gasteiger partial charge in [-0.1, -0.05) is 23.7 Å². The number of ether oxygens (including phenoxy) is 2. The van der Waals surface area contributed by atoms with E-state index in [1.54, 1.807) is 19.2 Å². The predicted molar refractivity (Wildman–Crippen MR) is 121 cm³/mol. The number of halogens is 1. The van der Waals surface area contributed by atoms with E-state index in [4.69, 9.17) is 21.1 Å². The van der Waals surface area contributed by atoms with Gasteiger partial charge in [-0.3, -0.25) is 14.4 Å². The van der Waals surface area contributed by atoms with Gasteiger partial charge in [-0.25, -0.2) is 0 Å². The van der Waals surface area contributed by atoms with Crippen LogP contribution in [0.25, 0.3) is 0 Å². The van der Waals surface area contributed by atoms with Crippen molar-refractivity contribution in [1.82, 2.24) is 4.98 Å². The highest BCUT2D eigenvalue weighted by atomic mass is 35.5. The van der Waals surface area contributed by atoms with Crippen LogP contribution < -0.4 is 20.3 Å². The first kappa shape index (κ1) is 21.6. The number of pyridine rings is 1. The zero-order valence-corrected chi connectivity index (χ0v) is 18.3. The summed E-state index contributed by atoms with van der Waals surface area (Å²) in [5.74, 6) is 0.398. The van der Waals surface area contributed by atoms with Crippen molar-refractivity contribution < 1.29 is 19.1 Å². The number of H-pyrrole nitrogens is 1. The minimum absolute atomic E-state index is 0.0577. The summed E-state index contributed by atoms with van der Waals surface area (Å²) < 4.78 is 10.3. The van der Waals surface area contributed by atoms with Crippen LogP contribution in [0, 0.1) is 0 Å². The number of hydrogen-bond donors (Lipinski definition) is 2. The fraction of sp³-hybridized carbons (Fsp3) is 0.208. The van der Waals surface area contributed by atoms with Crippen LogP contribution in [0.3, 0.4) is 0 Å². The Morgan fingerprint density at radius 1 is 1.03 bits per heavy atom. The topological polar surface area (TPSA) is 97.5 Å².